The quantitative estimate of drug-likeness (QED) is 0.754. The smallest absolute Gasteiger partial charge is 0.320 e. The number of hydrogen-bond acceptors (Lipinski definition) is 3. The Kier molecular flexibility index (Phi) is 5.00. The molecule has 1 fully saturated rings. The molecule has 2 aliphatic rings. The van der Waals surface area contributed by atoms with E-state index in [1.807, 2.05) is 4.90 Å². The number of allylic oxidation sites excluding steroid dienone is 1. The highest BCUT2D eigenvalue weighted by molar-refractivity contribution is 5.75. The van der Waals surface area contributed by atoms with Gasteiger partial charge in [-0.25, -0.2) is 4.79 Å². The van der Waals surface area contributed by atoms with Crippen molar-refractivity contribution in [2.45, 2.75) is 38.3 Å². The average molecular weight is 281 g/mol. The van der Waals surface area contributed by atoms with Crippen molar-refractivity contribution in [3.63, 3.8) is 0 Å². The molecule has 2 atom stereocenters. The molecule has 1 heterocycles. The lowest BCUT2D eigenvalue weighted by Crippen LogP contribution is -2.56. The van der Waals surface area contributed by atoms with E-state index in [2.05, 4.69) is 17.5 Å². The predicted molar refractivity (Wildman–Crippen MR) is 75.6 cm³/mol. The zero-order chi connectivity index (χ0) is 14.5. The summed E-state index contributed by atoms with van der Waals surface area (Å²) in [6.45, 7) is 4.10. The normalized spacial score (nSPS) is 25.2. The second kappa shape index (κ2) is 6.74. The number of carboxylic acid groups (broad SMARTS) is 1. The third kappa shape index (κ3) is 3.72. The molecule has 0 saturated carbocycles. The van der Waals surface area contributed by atoms with Gasteiger partial charge in [0.2, 0.25) is 0 Å². The highest BCUT2D eigenvalue weighted by atomic mass is 16.4. The van der Waals surface area contributed by atoms with Gasteiger partial charge in [0.15, 0.2) is 0 Å². The van der Waals surface area contributed by atoms with E-state index >= 15 is 0 Å². The molecule has 0 aromatic heterocycles. The van der Waals surface area contributed by atoms with Crippen LogP contribution in [0, 0.1) is 0 Å². The van der Waals surface area contributed by atoms with Crippen LogP contribution in [0.1, 0.15) is 26.2 Å². The molecule has 2 amide bonds. The largest absolute Gasteiger partial charge is 0.480 e. The van der Waals surface area contributed by atoms with Crippen molar-refractivity contribution in [3.8, 4) is 0 Å². The minimum absolute atomic E-state index is 0.0204. The Morgan fingerprint density at radius 2 is 1.95 bits per heavy atom. The molecule has 2 N–H and O–H groups in total. The van der Waals surface area contributed by atoms with Gasteiger partial charge in [-0.3, -0.25) is 9.69 Å². The number of carbonyl (C=O) groups is 2. The lowest BCUT2D eigenvalue weighted by atomic mass is 10.0. The number of aliphatic carboxylic acids is 1. The van der Waals surface area contributed by atoms with Crippen molar-refractivity contribution in [1.82, 2.24) is 15.1 Å². The van der Waals surface area contributed by atoms with Crippen LogP contribution in [-0.4, -0.2) is 65.2 Å². The van der Waals surface area contributed by atoms with Crippen LogP contribution in [0.2, 0.25) is 0 Å². The fraction of sp³-hybridized carbons (Fsp3) is 0.714. The summed E-state index contributed by atoms with van der Waals surface area (Å²) in [5, 5.41) is 12.0. The van der Waals surface area contributed by atoms with Crippen molar-refractivity contribution in [3.05, 3.63) is 12.2 Å². The number of carbonyl (C=O) groups excluding carboxylic acids is 1. The van der Waals surface area contributed by atoms with Crippen LogP contribution in [0.3, 0.4) is 0 Å². The first-order valence-electron chi connectivity index (χ1n) is 7.25. The highest BCUT2D eigenvalue weighted by Crippen LogP contribution is 2.12. The van der Waals surface area contributed by atoms with E-state index in [0.29, 0.717) is 26.2 Å². The molecule has 0 spiro atoms. The molecule has 112 valence electrons. The van der Waals surface area contributed by atoms with Gasteiger partial charge in [0.05, 0.1) is 0 Å². The number of carboxylic acids is 1. The maximum atomic E-state index is 12.1. The van der Waals surface area contributed by atoms with Crippen molar-refractivity contribution in [2.75, 3.05) is 26.2 Å². The van der Waals surface area contributed by atoms with Gasteiger partial charge in [-0.15, -0.1) is 0 Å². The number of piperazine rings is 1. The average Bonchev–Trinajstić information content (AvgIpc) is 2.47. The first-order chi connectivity index (χ1) is 9.58. The van der Waals surface area contributed by atoms with Gasteiger partial charge in [-0.1, -0.05) is 12.2 Å². The Morgan fingerprint density at radius 3 is 2.50 bits per heavy atom. The Labute approximate surface area is 119 Å². The van der Waals surface area contributed by atoms with Gasteiger partial charge < -0.3 is 15.3 Å². The van der Waals surface area contributed by atoms with Crippen molar-refractivity contribution in [2.24, 2.45) is 0 Å². The molecule has 6 nitrogen and oxygen atoms in total. The van der Waals surface area contributed by atoms with Crippen LogP contribution in [-0.2, 0) is 4.79 Å². The van der Waals surface area contributed by atoms with Crippen molar-refractivity contribution in [1.29, 1.82) is 0 Å². The number of hydrogen-bond donors (Lipinski definition) is 2. The van der Waals surface area contributed by atoms with Crippen LogP contribution in [0.4, 0.5) is 4.79 Å². The van der Waals surface area contributed by atoms with E-state index in [0.717, 1.165) is 19.3 Å². The van der Waals surface area contributed by atoms with Crippen LogP contribution in [0.5, 0.6) is 0 Å². The fourth-order valence-corrected chi connectivity index (χ4v) is 2.66. The molecule has 1 aliphatic carbocycles. The van der Waals surface area contributed by atoms with E-state index in [-0.39, 0.29) is 12.1 Å². The Morgan fingerprint density at radius 1 is 1.25 bits per heavy atom. The summed E-state index contributed by atoms with van der Waals surface area (Å²) in [6.07, 6.45) is 7.19. The predicted octanol–water partition coefficient (Wildman–Crippen LogP) is 0.895. The Bertz CT molecular complexity index is 389. The molecule has 20 heavy (non-hydrogen) atoms. The number of nitrogens with zero attached hydrogens (tertiary/aromatic N) is 2. The summed E-state index contributed by atoms with van der Waals surface area (Å²) in [5.41, 5.74) is 0. The van der Waals surface area contributed by atoms with Crippen LogP contribution >= 0.6 is 0 Å². The van der Waals surface area contributed by atoms with Crippen LogP contribution < -0.4 is 5.32 Å². The topological polar surface area (TPSA) is 72.9 Å². The molecule has 1 aliphatic heterocycles. The summed E-state index contributed by atoms with van der Waals surface area (Å²) in [7, 11) is 0. The molecular weight excluding hydrogens is 258 g/mol. The number of rotatable bonds is 3. The number of urea groups is 1. The van der Waals surface area contributed by atoms with E-state index in [9.17, 15) is 9.59 Å². The summed E-state index contributed by atoms with van der Waals surface area (Å²) in [6, 6.07) is -0.264. The Balaban J connectivity index is 1.76. The molecule has 0 aromatic rings. The zero-order valence-electron chi connectivity index (χ0n) is 11.9. The second-order valence-corrected chi connectivity index (χ2v) is 5.47. The standard InChI is InChI=1S/C14H23N3O3/c1-11(13(18)19)16-7-9-17(10-8-16)14(20)15-12-5-3-2-4-6-12/h2-3,11-12H,4-10H2,1H3,(H,15,20)(H,18,19). The molecule has 0 aromatic carbocycles. The van der Waals surface area contributed by atoms with Crippen molar-refractivity contribution < 1.29 is 14.7 Å². The van der Waals surface area contributed by atoms with Crippen molar-refractivity contribution >= 4 is 12.0 Å². The minimum atomic E-state index is -0.808. The SMILES string of the molecule is CC(C(=O)O)N1CCN(C(=O)NC2CC=CCC2)CC1. The third-order valence-electron chi connectivity index (χ3n) is 4.10. The molecule has 1 saturated heterocycles. The number of nitrogens with one attached hydrogen (secondary N) is 1. The van der Waals surface area contributed by atoms with E-state index in [1.54, 1.807) is 11.8 Å². The van der Waals surface area contributed by atoms with Gasteiger partial charge in [-0.05, 0) is 26.2 Å². The minimum Gasteiger partial charge on any atom is -0.480 e. The molecule has 2 unspecified atom stereocenters. The second-order valence-electron chi connectivity index (χ2n) is 5.47. The zero-order valence-corrected chi connectivity index (χ0v) is 11.9. The van der Waals surface area contributed by atoms with Gasteiger partial charge in [-0.2, -0.15) is 0 Å². The van der Waals surface area contributed by atoms with Gasteiger partial charge in [0, 0.05) is 32.2 Å². The van der Waals surface area contributed by atoms with E-state index in [1.165, 1.54) is 0 Å². The molecule has 0 radical (unpaired) electrons. The molecule has 0 bridgehead atoms. The van der Waals surface area contributed by atoms with Crippen LogP contribution in [0.25, 0.3) is 0 Å². The summed E-state index contributed by atoms with van der Waals surface area (Å²) < 4.78 is 0. The molecule has 6 heteroatoms. The van der Waals surface area contributed by atoms with E-state index in [4.69, 9.17) is 5.11 Å². The van der Waals surface area contributed by atoms with Crippen LogP contribution in [0.15, 0.2) is 12.2 Å². The summed E-state index contributed by atoms with van der Waals surface area (Å²) in [4.78, 5) is 26.7. The first-order valence-corrected chi connectivity index (χ1v) is 7.25. The number of amides is 2. The monoisotopic (exact) mass is 281 g/mol. The summed E-state index contributed by atoms with van der Waals surface area (Å²) >= 11 is 0. The maximum absolute atomic E-state index is 12.1. The first kappa shape index (κ1) is 14.8. The lowest BCUT2D eigenvalue weighted by molar-refractivity contribution is -0.143. The van der Waals surface area contributed by atoms with Gasteiger partial charge >= 0.3 is 12.0 Å². The van der Waals surface area contributed by atoms with Gasteiger partial charge in [0.1, 0.15) is 6.04 Å². The fourth-order valence-electron chi connectivity index (χ4n) is 2.66. The van der Waals surface area contributed by atoms with Gasteiger partial charge in [0.25, 0.3) is 0 Å². The third-order valence-corrected chi connectivity index (χ3v) is 4.10. The molecule has 2 rings (SSSR count). The molecular formula is C14H23N3O3. The maximum Gasteiger partial charge on any atom is 0.320 e. The Hall–Kier alpha value is -1.56. The van der Waals surface area contributed by atoms with E-state index < -0.39 is 12.0 Å². The summed E-state index contributed by atoms with van der Waals surface area (Å²) in [5.74, 6) is -0.808. The lowest BCUT2D eigenvalue weighted by Gasteiger charge is -2.37. The highest BCUT2D eigenvalue weighted by Gasteiger charge is 2.27.